The van der Waals surface area contributed by atoms with Gasteiger partial charge in [0.05, 0.1) is 11.1 Å². The number of hydrogen-bond donors (Lipinski definition) is 1. The van der Waals surface area contributed by atoms with E-state index >= 15 is 0 Å². The number of rotatable bonds is 0. The smallest absolute Gasteiger partial charge is 0.0666 e. The molecule has 0 spiro atoms. The highest BCUT2D eigenvalue weighted by Gasteiger charge is 2.48. The molecule has 1 aliphatic heterocycles. The Labute approximate surface area is 224 Å². The minimum Gasteiger partial charge on any atom is -0.312 e. The van der Waals surface area contributed by atoms with Crippen molar-refractivity contribution in [2.75, 3.05) is 0 Å². The molecule has 0 fully saturated rings. The minimum absolute atomic E-state index is 0.451. The molecule has 0 bridgehead atoms. The van der Waals surface area contributed by atoms with E-state index in [1.807, 2.05) is 58.0 Å². The maximum atomic E-state index is 10.9. The summed E-state index contributed by atoms with van der Waals surface area (Å²) in [7, 11) is 0. The molecule has 2 heteroatoms. The second-order valence-corrected chi connectivity index (χ2v) is 10.9. The van der Waals surface area contributed by atoms with Crippen molar-refractivity contribution in [3.8, 4) is 23.7 Å². The lowest BCUT2D eigenvalue weighted by molar-refractivity contribution is -0.216. The van der Waals surface area contributed by atoms with Gasteiger partial charge in [-0.25, -0.2) is 0 Å². The molecular weight excluding hydrogens is 462 g/mol. The molecule has 5 aromatic rings. The molecule has 1 aliphatic rings. The van der Waals surface area contributed by atoms with Crippen molar-refractivity contribution in [3.63, 3.8) is 0 Å². The summed E-state index contributed by atoms with van der Waals surface area (Å²) >= 11 is 0. The third-order valence-electron chi connectivity index (χ3n) is 7.77. The van der Waals surface area contributed by atoms with Crippen molar-refractivity contribution in [2.45, 2.75) is 38.8 Å². The van der Waals surface area contributed by atoms with Crippen LogP contribution in [0.4, 0.5) is 0 Å². The van der Waals surface area contributed by atoms with Gasteiger partial charge in [0.2, 0.25) is 0 Å². The molecule has 0 aliphatic carbocycles. The van der Waals surface area contributed by atoms with Crippen molar-refractivity contribution < 1.29 is 5.21 Å². The molecule has 0 amide bonds. The monoisotopic (exact) mass is 491 g/mol. The van der Waals surface area contributed by atoms with Crippen LogP contribution in [-0.2, 0) is 11.1 Å². The summed E-state index contributed by atoms with van der Waals surface area (Å²) in [6.45, 7) is 8.20. The van der Waals surface area contributed by atoms with Crippen LogP contribution in [0.15, 0.2) is 97.1 Å². The molecule has 1 N–H and O–H groups in total. The summed E-state index contributed by atoms with van der Waals surface area (Å²) < 4.78 is 0. The molecule has 38 heavy (non-hydrogen) atoms. The highest BCUT2D eigenvalue weighted by molar-refractivity contribution is 6.09. The van der Waals surface area contributed by atoms with Crippen molar-refractivity contribution in [3.05, 3.63) is 130 Å². The van der Waals surface area contributed by atoms with E-state index in [0.717, 1.165) is 54.9 Å². The van der Waals surface area contributed by atoms with Gasteiger partial charge >= 0.3 is 0 Å². The topological polar surface area (TPSA) is 23.5 Å². The minimum atomic E-state index is -0.491. The fourth-order valence-corrected chi connectivity index (χ4v) is 5.78. The van der Waals surface area contributed by atoms with Crippen LogP contribution in [0.1, 0.15) is 61.1 Å². The van der Waals surface area contributed by atoms with Gasteiger partial charge in [-0.2, -0.15) is 5.06 Å². The zero-order chi connectivity index (χ0) is 26.5. The van der Waals surface area contributed by atoms with Gasteiger partial charge in [-0.3, -0.25) is 0 Å². The predicted molar refractivity (Wildman–Crippen MR) is 156 cm³/mol. The van der Waals surface area contributed by atoms with Crippen molar-refractivity contribution in [1.29, 1.82) is 0 Å². The normalized spacial score (nSPS) is 15.4. The molecule has 0 radical (unpaired) electrons. The van der Waals surface area contributed by atoms with Crippen LogP contribution in [0.25, 0.3) is 21.5 Å². The van der Waals surface area contributed by atoms with Crippen LogP contribution in [0.2, 0.25) is 0 Å². The fraction of sp³-hybridized carbons (Fsp3) is 0.167. The van der Waals surface area contributed by atoms with Gasteiger partial charge in [-0.15, -0.1) is 0 Å². The molecule has 0 unspecified atom stereocenters. The van der Waals surface area contributed by atoms with Gasteiger partial charge in [0.25, 0.3) is 0 Å². The Bertz CT molecular complexity index is 1780. The zero-order valence-electron chi connectivity index (χ0n) is 22.1. The molecule has 5 aromatic carbocycles. The van der Waals surface area contributed by atoms with Gasteiger partial charge < -0.3 is 5.21 Å². The van der Waals surface area contributed by atoms with E-state index < -0.39 is 11.1 Å². The lowest BCUT2D eigenvalue weighted by atomic mass is 9.89. The SMILES string of the molecule is CC1(C)c2ccc(C#Cc3c4ccccc4c(C#Cc4ccccc4)c4ccccc34)cc2C(C)(C)N1O. The van der Waals surface area contributed by atoms with Gasteiger partial charge in [0.15, 0.2) is 0 Å². The summed E-state index contributed by atoms with van der Waals surface area (Å²) in [5.74, 6) is 13.8. The van der Waals surface area contributed by atoms with Crippen LogP contribution in [0.5, 0.6) is 0 Å². The Morgan fingerprint density at radius 1 is 0.500 bits per heavy atom. The van der Waals surface area contributed by atoms with Crippen molar-refractivity contribution in [2.24, 2.45) is 0 Å². The third-order valence-corrected chi connectivity index (χ3v) is 7.77. The van der Waals surface area contributed by atoms with Crippen LogP contribution in [0.3, 0.4) is 0 Å². The first-order valence-corrected chi connectivity index (χ1v) is 13.0. The maximum absolute atomic E-state index is 10.9. The summed E-state index contributed by atoms with van der Waals surface area (Å²) in [4.78, 5) is 0. The average molecular weight is 492 g/mol. The molecule has 0 saturated heterocycles. The highest BCUT2D eigenvalue weighted by atomic mass is 16.5. The van der Waals surface area contributed by atoms with Crippen LogP contribution in [0, 0.1) is 23.7 Å². The van der Waals surface area contributed by atoms with Crippen LogP contribution >= 0.6 is 0 Å². The number of nitrogens with zero attached hydrogens (tertiary/aromatic N) is 1. The second-order valence-electron chi connectivity index (χ2n) is 10.9. The summed E-state index contributed by atoms with van der Waals surface area (Å²) in [6.07, 6.45) is 0. The van der Waals surface area contributed by atoms with Crippen molar-refractivity contribution >= 4 is 21.5 Å². The number of hydroxylamine groups is 2. The van der Waals surface area contributed by atoms with E-state index in [4.69, 9.17) is 0 Å². The molecule has 0 atom stereocenters. The Morgan fingerprint density at radius 3 is 1.47 bits per heavy atom. The van der Waals surface area contributed by atoms with Crippen molar-refractivity contribution in [1.82, 2.24) is 5.06 Å². The molecule has 2 nitrogen and oxygen atoms in total. The van der Waals surface area contributed by atoms with E-state index in [9.17, 15) is 5.21 Å². The van der Waals surface area contributed by atoms with Gasteiger partial charge in [0.1, 0.15) is 0 Å². The molecule has 6 rings (SSSR count). The Hall–Kier alpha value is -4.34. The highest BCUT2D eigenvalue weighted by Crippen LogP contribution is 2.48. The number of hydrogen-bond acceptors (Lipinski definition) is 2. The van der Waals surface area contributed by atoms with E-state index in [0.29, 0.717) is 0 Å². The average Bonchev–Trinajstić information content (AvgIpc) is 3.07. The van der Waals surface area contributed by atoms with Crippen LogP contribution < -0.4 is 0 Å². The van der Waals surface area contributed by atoms with Crippen LogP contribution in [-0.4, -0.2) is 10.3 Å². The molecule has 1 heterocycles. The van der Waals surface area contributed by atoms with E-state index in [-0.39, 0.29) is 0 Å². The molecule has 0 aromatic heterocycles. The molecular formula is C36H29NO. The fourth-order valence-electron chi connectivity index (χ4n) is 5.78. The van der Waals surface area contributed by atoms with Gasteiger partial charge in [0, 0.05) is 22.3 Å². The van der Waals surface area contributed by atoms with Gasteiger partial charge in [-0.1, -0.05) is 96.5 Å². The summed E-state index contributed by atoms with van der Waals surface area (Å²) in [5, 5.41) is 16.7. The molecule has 184 valence electrons. The van der Waals surface area contributed by atoms with Gasteiger partial charge in [-0.05, 0) is 84.6 Å². The summed E-state index contributed by atoms with van der Waals surface area (Å²) in [5.41, 5.74) is 5.26. The predicted octanol–water partition coefficient (Wildman–Crippen LogP) is 7.97. The first-order chi connectivity index (χ1) is 18.3. The number of benzene rings is 5. The zero-order valence-corrected chi connectivity index (χ0v) is 22.1. The first-order valence-electron chi connectivity index (χ1n) is 13.0. The maximum Gasteiger partial charge on any atom is 0.0666 e. The molecule has 0 saturated carbocycles. The lowest BCUT2D eigenvalue weighted by Crippen LogP contribution is -2.42. The Kier molecular flexibility index (Phi) is 5.62. The lowest BCUT2D eigenvalue weighted by Gasteiger charge is -2.34. The largest absolute Gasteiger partial charge is 0.312 e. The second kappa shape index (κ2) is 8.90. The Balaban J connectivity index is 1.54. The quantitative estimate of drug-likeness (QED) is 0.175. The third kappa shape index (κ3) is 3.79. The van der Waals surface area contributed by atoms with E-state index in [1.54, 1.807) is 0 Å². The number of fused-ring (bicyclic) bond motifs is 3. The van der Waals surface area contributed by atoms with E-state index in [2.05, 4.69) is 90.4 Å². The standard InChI is InChI=1S/C36H29NO/c1-35(2)33-23-20-26(24-34(33)36(3,4)37(35)38)19-22-32-29-16-10-8-14-27(29)31(28-15-9-11-17-30(28)32)21-18-25-12-6-5-7-13-25/h5-17,20,23-24,38H,1-4H3. The summed E-state index contributed by atoms with van der Waals surface area (Å²) in [6, 6.07) is 33.2. The first kappa shape index (κ1) is 24.0. The Morgan fingerprint density at radius 2 is 0.947 bits per heavy atom. The van der Waals surface area contributed by atoms with E-state index in [1.165, 1.54) is 5.06 Å².